The SMILES string of the molecule is CCOC(=O)/C=c1/s/c(=C/c2cnc(N3CCCC3)nc2)c(=O)n1CC(=O)Nc1cccc(F)c1. The Bertz CT molecular complexity index is 1390. The van der Waals surface area contributed by atoms with Gasteiger partial charge in [0.25, 0.3) is 5.56 Å². The maximum absolute atomic E-state index is 13.4. The second-order valence-corrected chi connectivity index (χ2v) is 8.87. The highest BCUT2D eigenvalue weighted by molar-refractivity contribution is 7.07. The number of hydrogen-bond acceptors (Lipinski definition) is 8. The fourth-order valence-electron chi connectivity index (χ4n) is 3.63. The molecular weight excluding hydrogens is 473 g/mol. The molecule has 11 heteroatoms. The highest BCUT2D eigenvalue weighted by Crippen LogP contribution is 2.15. The highest BCUT2D eigenvalue weighted by atomic mass is 32.1. The van der Waals surface area contributed by atoms with Gasteiger partial charge in [-0.3, -0.25) is 14.2 Å². The lowest BCUT2D eigenvalue weighted by Gasteiger charge is -2.13. The molecule has 2 aromatic heterocycles. The zero-order valence-electron chi connectivity index (χ0n) is 19.1. The Kier molecular flexibility index (Phi) is 7.66. The molecule has 1 fully saturated rings. The fraction of sp³-hybridized carbons (Fsp3) is 0.292. The van der Waals surface area contributed by atoms with Gasteiger partial charge in [0.2, 0.25) is 11.9 Å². The van der Waals surface area contributed by atoms with Crippen LogP contribution < -0.4 is 25.0 Å². The number of halogens is 1. The summed E-state index contributed by atoms with van der Waals surface area (Å²) >= 11 is 1.05. The molecule has 1 saturated heterocycles. The third-order valence-corrected chi connectivity index (χ3v) is 6.28. The van der Waals surface area contributed by atoms with Gasteiger partial charge in [-0.2, -0.15) is 0 Å². The smallest absolute Gasteiger partial charge is 0.333 e. The van der Waals surface area contributed by atoms with Crippen molar-refractivity contribution < 1.29 is 18.7 Å². The van der Waals surface area contributed by atoms with Gasteiger partial charge in [-0.15, -0.1) is 11.3 Å². The van der Waals surface area contributed by atoms with Crippen LogP contribution in [0.1, 0.15) is 25.3 Å². The van der Waals surface area contributed by atoms with Crippen LogP contribution in [0.3, 0.4) is 0 Å². The van der Waals surface area contributed by atoms with Gasteiger partial charge in [-0.25, -0.2) is 19.2 Å². The Hall–Kier alpha value is -3.86. The van der Waals surface area contributed by atoms with Crippen LogP contribution in [0.5, 0.6) is 0 Å². The summed E-state index contributed by atoms with van der Waals surface area (Å²) in [6, 6.07) is 5.43. The average molecular weight is 498 g/mol. The number of carbonyl (C=O) groups excluding carboxylic acids is 2. The maximum Gasteiger partial charge on any atom is 0.333 e. The van der Waals surface area contributed by atoms with Crippen molar-refractivity contribution in [3.63, 3.8) is 0 Å². The fourth-order valence-corrected chi connectivity index (χ4v) is 4.66. The molecule has 3 aromatic rings. The van der Waals surface area contributed by atoms with E-state index in [9.17, 15) is 18.8 Å². The number of amides is 1. The Morgan fingerprint density at radius 3 is 2.66 bits per heavy atom. The molecule has 9 nitrogen and oxygen atoms in total. The van der Waals surface area contributed by atoms with Gasteiger partial charge >= 0.3 is 5.97 Å². The van der Waals surface area contributed by atoms with Gasteiger partial charge < -0.3 is 15.0 Å². The first kappa shape index (κ1) is 24.3. The number of nitrogens with zero attached hydrogens (tertiary/aromatic N) is 4. The van der Waals surface area contributed by atoms with E-state index in [4.69, 9.17) is 4.74 Å². The van der Waals surface area contributed by atoms with Crippen molar-refractivity contribution in [3.05, 3.63) is 67.6 Å². The number of ether oxygens (including phenoxy) is 1. The van der Waals surface area contributed by atoms with E-state index in [1.807, 2.05) is 0 Å². The zero-order valence-corrected chi connectivity index (χ0v) is 19.9. The molecule has 1 amide bonds. The summed E-state index contributed by atoms with van der Waals surface area (Å²) in [4.78, 5) is 48.7. The van der Waals surface area contributed by atoms with E-state index >= 15 is 0 Å². The van der Waals surface area contributed by atoms with Crippen LogP contribution in [0.25, 0.3) is 12.2 Å². The molecule has 0 unspecified atom stereocenters. The van der Waals surface area contributed by atoms with E-state index in [-0.39, 0.29) is 23.5 Å². The van der Waals surface area contributed by atoms with Crippen LogP contribution in [-0.2, 0) is 20.9 Å². The Morgan fingerprint density at radius 2 is 1.97 bits per heavy atom. The number of anilines is 2. The van der Waals surface area contributed by atoms with Gasteiger partial charge in [-0.05, 0) is 44.0 Å². The van der Waals surface area contributed by atoms with Crippen LogP contribution in [0, 0.1) is 5.82 Å². The number of esters is 1. The van der Waals surface area contributed by atoms with E-state index < -0.39 is 23.3 Å². The van der Waals surface area contributed by atoms with E-state index in [2.05, 4.69) is 20.2 Å². The summed E-state index contributed by atoms with van der Waals surface area (Å²) in [7, 11) is 0. The minimum Gasteiger partial charge on any atom is -0.463 e. The Morgan fingerprint density at radius 1 is 1.23 bits per heavy atom. The predicted molar refractivity (Wildman–Crippen MR) is 131 cm³/mol. The standard InChI is InChI=1S/C24H24FN5O4S/c1-2-34-22(32)12-21-30(15-20(31)28-18-7-5-6-17(25)11-18)23(33)19(35-21)10-16-13-26-24(27-14-16)29-8-3-4-9-29/h5-7,10-14H,2-4,8-9,15H2,1H3,(H,28,31)/b19-10+,21-12+. The third kappa shape index (κ3) is 6.18. The number of nitrogens with one attached hydrogen (secondary N) is 1. The molecule has 35 heavy (non-hydrogen) atoms. The topological polar surface area (TPSA) is 106 Å². The highest BCUT2D eigenvalue weighted by Gasteiger charge is 2.15. The Balaban J connectivity index is 1.65. The molecule has 0 radical (unpaired) electrons. The monoisotopic (exact) mass is 497 g/mol. The van der Waals surface area contributed by atoms with E-state index in [0.29, 0.717) is 16.0 Å². The first-order valence-corrected chi connectivity index (χ1v) is 12.0. The quantitative estimate of drug-likeness (QED) is 0.490. The summed E-state index contributed by atoms with van der Waals surface area (Å²) < 4.78 is 20.1. The van der Waals surface area contributed by atoms with Crippen LogP contribution in [0.15, 0.2) is 41.5 Å². The second-order valence-electron chi connectivity index (χ2n) is 7.81. The number of hydrogen-bond donors (Lipinski definition) is 1. The average Bonchev–Trinajstić information content (AvgIpc) is 3.45. The van der Waals surface area contributed by atoms with Gasteiger partial charge in [0.05, 0.1) is 17.2 Å². The molecule has 1 aromatic carbocycles. The van der Waals surface area contributed by atoms with Crippen LogP contribution >= 0.6 is 11.3 Å². The predicted octanol–water partition coefficient (Wildman–Crippen LogP) is 1.25. The van der Waals surface area contributed by atoms with Crippen molar-refractivity contribution in [2.24, 2.45) is 0 Å². The van der Waals surface area contributed by atoms with Gasteiger partial charge in [0.15, 0.2) is 0 Å². The van der Waals surface area contributed by atoms with Crippen LogP contribution in [-0.4, -0.2) is 46.1 Å². The molecule has 4 rings (SSSR count). The third-order valence-electron chi connectivity index (χ3n) is 5.22. The number of rotatable bonds is 7. The molecule has 0 aliphatic carbocycles. The van der Waals surface area contributed by atoms with Crippen molar-refractivity contribution in [1.82, 2.24) is 14.5 Å². The van der Waals surface area contributed by atoms with Crippen molar-refractivity contribution in [1.29, 1.82) is 0 Å². The molecule has 1 aliphatic rings. The molecule has 1 aliphatic heterocycles. The second kappa shape index (κ2) is 11.0. The molecule has 182 valence electrons. The Labute approximate surface area is 204 Å². The number of carbonyl (C=O) groups is 2. The molecule has 3 heterocycles. The van der Waals surface area contributed by atoms with Gasteiger partial charge in [-0.1, -0.05) is 6.07 Å². The van der Waals surface area contributed by atoms with Crippen molar-refractivity contribution >= 4 is 47.0 Å². The van der Waals surface area contributed by atoms with Gasteiger partial charge in [0.1, 0.15) is 17.0 Å². The summed E-state index contributed by atoms with van der Waals surface area (Å²) in [6.45, 7) is 3.32. The number of benzene rings is 1. The van der Waals surface area contributed by atoms with Crippen molar-refractivity contribution in [2.45, 2.75) is 26.3 Å². The molecule has 1 N–H and O–H groups in total. The van der Waals surface area contributed by atoms with Crippen LogP contribution in [0.4, 0.5) is 16.0 Å². The minimum atomic E-state index is -0.627. The van der Waals surface area contributed by atoms with E-state index in [1.54, 1.807) is 25.4 Å². The summed E-state index contributed by atoms with van der Waals surface area (Å²) in [5.74, 6) is -1.02. The summed E-state index contributed by atoms with van der Waals surface area (Å²) in [5.41, 5.74) is 0.421. The lowest BCUT2D eigenvalue weighted by atomic mass is 10.3. The number of thiazole rings is 1. The van der Waals surface area contributed by atoms with Crippen molar-refractivity contribution in [2.75, 3.05) is 29.9 Å². The zero-order chi connectivity index (χ0) is 24.8. The molecular formula is C24H24FN5O4S. The minimum absolute atomic E-state index is 0.171. The maximum atomic E-state index is 13.4. The largest absolute Gasteiger partial charge is 0.463 e. The molecule has 0 saturated carbocycles. The van der Waals surface area contributed by atoms with Crippen molar-refractivity contribution in [3.8, 4) is 0 Å². The first-order valence-electron chi connectivity index (χ1n) is 11.1. The molecule has 0 atom stereocenters. The normalized spacial score (nSPS) is 14.4. The number of aromatic nitrogens is 3. The van der Waals surface area contributed by atoms with E-state index in [1.165, 1.54) is 34.9 Å². The summed E-state index contributed by atoms with van der Waals surface area (Å²) in [5, 5.41) is 2.56. The van der Waals surface area contributed by atoms with Crippen LogP contribution in [0.2, 0.25) is 0 Å². The lowest BCUT2D eigenvalue weighted by Crippen LogP contribution is -2.36. The first-order chi connectivity index (χ1) is 16.9. The van der Waals surface area contributed by atoms with Gasteiger partial charge in [0, 0.05) is 36.7 Å². The van der Waals surface area contributed by atoms with E-state index in [0.717, 1.165) is 37.3 Å². The summed E-state index contributed by atoms with van der Waals surface area (Å²) in [6.07, 6.45) is 8.28. The molecule has 0 bridgehead atoms. The molecule has 0 spiro atoms. The lowest BCUT2D eigenvalue weighted by molar-refractivity contribution is -0.135.